The summed E-state index contributed by atoms with van der Waals surface area (Å²) in [5.41, 5.74) is 17.6. The number of nitrogens with two attached hydrogens (primary N) is 3. The van der Waals surface area contributed by atoms with E-state index < -0.39 is 194 Å². The van der Waals surface area contributed by atoms with Gasteiger partial charge in [0.2, 0.25) is 76.8 Å². The highest BCUT2D eigenvalue weighted by molar-refractivity contribution is 7.80. The van der Waals surface area contributed by atoms with Crippen molar-refractivity contribution in [3.63, 3.8) is 0 Å². The first-order chi connectivity index (χ1) is 43.5. The van der Waals surface area contributed by atoms with Crippen LogP contribution in [0.25, 0.3) is 10.9 Å². The number of carbonyl (C=O) groups is 14. The van der Waals surface area contributed by atoms with Gasteiger partial charge in [-0.1, -0.05) is 66.2 Å². The van der Waals surface area contributed by atoms with Crippen molar-refractivity contribution in [3.8, 4) is 0 Å². The van der Waals surface area contributed by atoms with Crippen LogP contribution in [0.15, 0.2) is 30.5 Å². The lowest BCUT2D eigenvalue weighted by Gasteiger charge is -2.32. The number of para-hydroxylation sites is 1. The number of aromatic nitrogens is 1. The second kappa shape index (κ2) is 39.0. The molecular weight excluding hydrogens is 1220 g/mol. The number of H-pyrrole nitrogens is 1. The first kappa shape index (κ1) is 77.8. The normalized spacial score (nSPS) is 16.1. The number of amides is 13. The first-order valence-electron chi connectivity index (χ1n) is 30.4. The third-order valence-corrected chi connectivity index (χ3v) is 15.4. The molecule has 34 heteroatoms. The van der Waals surface area contributed by atoms with Gasteiger partial charge in [-0.2, -0.15) is 12.6 Å². The summed E-state index contributed by atoms with van der Waals surface area (Å²) in [6.45, 7) is 6.60. The highest BCUT2D eigenvalue weighted by atomic mass is 32.1. The predicted molar refractivity (Wildman–Crippen MR) is 335 cm³/mol. The number of primary amides is 1. The molecule has 0 radical (unpaired) electrons. The maximum atomic E-state index is 14.4. The zero-order chi connectivity index (χ0) is 68.9. The van der Waals surface area contributed by atoms with Crippen LogP contribution in [-0.4, -0.2) is 220 Å². The van der Waals surface area contributed by atoms with Gasteiger partial charge in [0.05, 0.1) is 39.3 Å². The van der Waals surface area contributed by atoms with Crippen LogP contribution in [-0.2, 0) is 73.5 Å². The molecule has 92 heavy (non-hydrogen) atoms. The highest BCUT2D eigenvalue weighted by Crippen LogP contribution is 2.23. The van der Waals surface area contributed by atoms with Gasteiger partial charge < -0.3 is 101 Å². The maximum Gasteiger partial charge on any atom is 0.326 e. The maximum absolute atomic E-state index is 14.4. The number of aliphatic hydroxyl groups is 2. The molecule has 1 fully saturated rings. The monoisotopic (exact) mass is 1320 g/mol. The molecule has 2 aromatic rings. The lowest BCUT2D eigenvalue weighted by atomic mass is 9.96. The number of hydrogen-bond acceptors (Lipinski definition) is 19. The Morgan fingerprint density at radius 2 is 1.18 bits per heavy atom. The number of aliphatic carboxylic acids is 1. The molecule has 1 aromatic heterocycles. The van der Waals surface area contributed by atoms with Gasteiger partial charge in [-0.15, -0.1) is 0 Å². The van der Waals surface area contributed by atoms with Crippen molar-refractivity contribution >= 4 is 106 Å². The molecule has 512 valence electrons. The van der Waals surface area contributed by atoms with E-state index in [2.05, 4.69) is 76.1 Å². The highest BCUT2D eigenvalue weighted by Gasteiger charge is 2.42. The first-order valence-corrected chi connectivity index (χ1v) is 31.0. The van der Waals surface area contributed by atoms with E-state index in [0.717, 1.165) is 0 Å². The van der Waals surface area contributed by atoms with E-state index in [0.29, 0.717) is 42.3 Å². The zero-order valence-electron chi connectivity index (χ0n) is 52.6. The fourth-order valence-corrected chi connectivity index (χ4v) is 10.0. The third kappa shape index (κ3) is 24.6. The van der Waals surface area contributed by atoms with Crippen LogP contribution in [0.3, 0.4) is 0 Å². The Labute approximate surface area is 537 Å². The Bertz CT molecular complexity index is 2910. The lowest BCUT2D eigenvalue weighted by Crippen LogP contribution is -2.61. The Balaban J connectivity index is 1.74. The minimum atomic E-state index is -1.74. The number of carboxylic acid groups (broad SMARTS) is 1. The Morgan fingerprint density at radius 1 is 0.641 bits per heavy atom. The topological polar surface area (TPSA) is 529 Å². The van der Waals surface area contributed by atoms with Gasteiger partial charge in [0.25, 0.3) is 0 Å². The van der Waals surface area contributed by atoms with E-state index in [9.17, 15) is 82.4 Å². The molecule has 0 bridgehead atoms. The summed E-state index contributed by atoms with van der Waals surface area (Å²) in [7, 11) is 0. The number of nitrogens with one attached hydrogen (secondary N) is 12. The number of carbonyl (C=O) groups excluding carboxylic acids is 13. The number of nitrogens with zero attached hydrogens (tertiary/aromatic N) is 1. The number of thiol groups is 1. The minimum absolute atomic E-state index is 0.0207. The number of aromatic amines is 1. The molecule has 3 rings (SSSR count). The largest absolute Gasteiger partial charge is 0.480 e. The fourth-order valence-electron chi connectivity index (χ4n) is 9.78. The van der Waals surface area contributed by atoms with Gasteiger partial charge in [-0.05, 0) is 74.5 Å². The van der Waals surface area contributed by atoms with Crippen molar-refractivity contribution in [2.75, 3.05) is 51.7 Å². The number of unbranched alkanes of at least 4 members (excludes halogenated alkanes) is 1. The van der Waals surface area contributed by atoms with Gasteiger partial charge in [0.1, 0.15) is 60.4 Å². The fraction of sp³-hybridized carbons (Fsp3) is 0.621. The summed E-state index contributed by atoms with van der Waals surface area (Å²) in [6, 6.07) is -7.14. The predicted octanol–water partition coefficient (Wildman–Crippen LogP) is -5.99. The Kier molecular flexibility index (Phi) is 33.0. The van der Waals surface area contributed by atoms with Gasteiger partial charge in [0.15, 0.2) is 0 Å². The zero-order valence-corrected chi connectivity index (χ0v) is 53.5. The van der Waals surface area contributed by atoms with Gasteiger partial charge in [0, 0.05) is 35.8 Å². The lowest BCUT2D eigenvalue weighted by molar-refractivity contribution is -0.143. The molecule has 1 aliphatic rings. The molecule has 11 atom stereocenters. The standard InChI is InChI=1S/C58H92N16O17S/c1-7-31(6)48(57(89)74-18-12-16-42(74)55(87)71-41(28-92)50(82)64-25-46(80)67-39(26-75)53(85)68-35(58(90)91)15-10-11-17-59)73-52(84)38(21-43(61)77)66-45(79)24-63-49(81)37(20-32-23-62-34-14-9-8-13-33(32)34)69-54(86)40(27-76)70-56(88)47(30(4)5)72-51(83)36(19-29(2)3)65-44(78)22-60/h8-9,13-14,23,29-31,35-42,47-48,62,75-76,92H,7,10-12,15-22,24-28,59-60H2,1-6H3,(H2,61,77)(H,63,81)(H,64,82)(H,65,78)(H,66,79)(H,67,80)(H,68,85)(H,69,86)(H,70,88)(H,71,87)(H,72,83)(H,73,84)(H,90,91)/t31-,35-,36-,37-,38-,39-,40-,41-,42-,47-,48-/m0/s1. The summed E-state index contributed by atoms with van der Waals surface area (Å²) >= 11 is 4.17. The van der Waals surface area contributed by atoms with Crippen molar-refractivity contribution in [1.82, 2.24) is 68.4 Å². The summed E-state index contributed by atoms with van der Waals surface area (Å²) < 4.78 is 0. The Morgan fingerprint density at radius 3 is 1.74 bits per heavy atom. The number of fused-ring (bicyclic) bond motifs is 1. The van der Waals surface area contributed by atoms with Crippen molar-refractivity contribution in [2.24, 2.45) is 35.0 Å². The minimum Gasteiger partial charge on any atom is -0.480 e. The number of carboxylic acids is 1. The van der Waals surface area contributed by atoms with Crippen molar-refractivity contribution in [3.05, 3.63) is 36.0 Å². The van der Waals surface area contributed by atoms with Crippen molar-refractivity contribution < 1.29 is 82.4 Å². The van der Waals surface area contributed by atoms with Gasteiger partial charge >= 0.3 is 5.97 Å². The average Bonchev–Trinajstić information content (AvgIpc) is 1.64. The molecular formula is C58H92N16O17S. The van der Waals surface area contributed by atoms with Gasteiger partial charge in [-0.25, -0.2) is 4.79 Å². The van der Waals surface area contributed by atoms with Crippen LogP contribution in [0.5, 0.6) is 0 Å². The molecule has 0 spiro atoms. The molecule has 0 aliphatic carbocycles. The number of aliphatic hydroxyl groups excluding tert-OH is 2. The van der Waals surface area contributed by atoms with Crippen LogP contribution < -0.4 is 75.7 Å². The van der Waals surface area contributed by atoms with E-state index in [1.807, 2.05) is 13.8 Å². The number of likely N-dealkylation sites (tertiary alicyclic amines) is 1. The van der Waals surface area contributed by atoms with Gasteiger partial charge in [-0.3, -0.25) is 62.3 Å². The average molecular weight is 1320 g/mol. The van der Waals surface area contributed by atoms with Crippen LogP contribution in [0, 0.1) is 17.8 Å². The van der Waals surface area contributed by atoms with E-state index in [4.69, 9.17) is 17.2 Å². The SMILES string of the molecule is CC[C@H](C)[C@H](NC(=O)[C@H](CC(N)=O)NC(=O)CNC(=O)[C@H](Cc1c[nH]c2ccccc12)NC(=O)[C@H](CO)NC(=O)[C@@H](NC(=O)[C@H](CC(C)C)NC(=O)CN)C(C)C)C(=O)N1CCC[C@H]1C(=O)N[C@@H](CS)C(=O)NCC(=O)N[C@@H](CO)C(=O)N[C@@H](CCCCN)C(=O)O. The number of benzene rings is 1. The molecule has 21 N–H and O–H groups in total. The summed E-state index contributed by atoms with van der Waals surface area (Å²) in [4.78, 5) is 190. The molecule has 1 saturated heterocycles. The van der Waals surface area contributed by atoms with E-state index in [-0.39, 0.29) is 50.3 Å². The van der Waals surface area contributed by atoms with E-state index in [1.54, 1.807) is 58.2 Å². The molecule has 1 aliphatic heterocycles. The Hall–Kier alpha value is -8.47. The van der Waals surface area contributed by atoms with Crippen molar-refractivity contribution in [1.29, 1.82) is 0 Å². The third-order valence-electron chi connectivity index (χ3n) is 15.1. The smallest absolute Gasteiger partial charge is 0.326 e. The van der Waals surface area contributed by atoms with Crippen LogP contribution in [0.1, 0.15) is 98.5 Å². The summed E-state index contributed by atoms with van der Waals surface area (Å²) in [5.74, 6) is -14.7. The summed E-state index contributed by atoms with van der Waals surface area (Å²) in [6.07, 6.45) is 2.38. The second-order valence-electron chi connectivity index (χ2n) is 23.1. The van der Waals surface area contributed by atoms with E-state index >= 15 is 0 Å². The number of rotatable bonds is 40. The molecule has 0 saturated carbocycles. The molecule has 2 heterocycles. The molecule has 1 aromatic carbocycles. The quantitative estimate of drug-likeness (QED) is 0.0218. The molecule has 13 amide bonds. The van der Waals surface area contributed by atoms with Crippen LogP contribution in [0.2, 0.25) is 0 Å². The van der Waals surface area contributed by atoms with Crippen LogP contribution >= 0.6 is 12.6 Å². The molecule has 0 unspecified atom stereocenters. The van der Waals surface area contributed by atoms with Crippen LogP contribution in [0.4, 0.5) is 0 Å². The van der Waals surface area contributed by atoms with Crippen molar-refractivity contribution in [2.45, 2.75) is 160 Å². The van der Waals surface area contributed by atoms with E-state index in [1.165, 1.54) is 4.90 Å². The molecule has 33 nitrogen and oxygen atoms in total. The summed E-state index contributed by atoms with van der Waals surface area (Å²) in [5, 5.41) is 57.0. The number of hydrogen-bond donors (Lipinski definition) is 19. The second-order valence-corrected chi connectivity index (χ2v) is 23.4.